The average Bonchev–Trinajstić information content (AvgIpc) is 3.62. The molecule has 1 aromatic heterocycles. The zero-order chi connectivity index (χ0) is 25.1. The van der Waals surface area contributed by atoms with Crippen LogP contribution in [0.2, 0.25) is 0 Å². The molecule has 0 bridgehead atoms. The second-order valence-corrected chi connectivity index (χ2v) is 9.46. The third-order valence-electron chi connectivity index (χ3n) is 6.86. The molecule has 0 radical (unpaired) electrons. The van der Waals surface area contributed by atoms with Crippen molar-refractivity contribution in [2.45, 2.75) is 44.2 Å². The zero-order valence-corrected chi connectivity index (χ0v) is 20.2. The Bertz CT molecular complexity index is 1340. The lowest BCUT2D eigenvalue weighted by Crippen LogP contribution is -2.35. The third kappa shape index (κ3) is 5.41. The highest BCUT2D eigenvalue weighted by molar-refractivity contribution is 5.97. The van der Waals surface area contributed by atoms with Crippen LogP contribution in [-0.2, 0) is 4.79 Å². The predicted molar refractivity (Wildman–Crippen MR) is 139 cm³/mol. The maximum Gasteiger partial charge on any atom is 0.295 e. The van der Waals surface area contributed by atoms with Gasteiger partial charge in [0.2, 0.25) is 5.95 Å². The van der Waals surface area contributed by atoms with Crippen LogP contribution in [0.4, 0.5) is 5.95 Å². The summed E-state index contributed by atoms with van der Waals surface area (Å²) >= 11 is 0. The molecular formula is C28H29N5O3. The molecule has 1 heterocycles. The first kappa shape index (κ1) is 23.6. The van der Waals surface area contributed by atoms with Crippen LogP contribution in [0.25, 0.3) is 22.0 Å². The first-order valence-corrected chi connectivity index (χ1v) is 12.3. The highest BCUT2D eigenvalue weighted by atomic mass is 16.5. The summed E-state index contributed by atoms with van der Waals surface area (Å²) in [5, 5.41) is 10.2. The number of methoxy groups -OCH3 is 1. The van der Waals surface area contributed by atoms with E-state index in [0.29, 0.717) is 23.8 Å². The van der Waals surface area contributed by atoms with Gasteiger partial charge in [-0.05, 0) is 79.0 Å². The topological polar surface area (TPSA) is 105 Å². The smallest absolute Gasteiger partial charge is 0.295 e. The number of benzene rings is 2. The molecule has 1 unspecified atom stereocenters. The Hall–Kier alpha value is -4.12. The van der Waals surface area contributed by atoms with Crippen molar-refractivity contribution in [1.82, 2.24) is 20.6 Å². The van der Waals surface area contributed by atoms with Gasteiger partial charge in [0.25, 0.3) is 11.8 Å². The van der Waals surface area contributed by atoms with Gasteiger partial charge in [-0.1, -0.05) is 12.5 Å². The van der Waals surface area contributed by atoms with Crippen LogP contribution in [0, 0.1) is 18.3 Å². The number of anilines is 1. The molecule has 5 rings (SSSR count). The lowest BCUT2D eigenvalue weighted by molar-refractivity contribution is -0.115. The number of nitrogens with zero attached hydrogens (tertiary/aromatic N) is 2. The van der Waals surface area contributed by atoms with Gasteiger partial charge in [-0.15, -0.1) is 6.42 Å². The number of carbonyl (C=O) groups is 2. The van der Waals surface area contributed by atoms with Gasteiger partial charge >= 0.3 is 0 Å². The molecule has 2 atom stereocenters. The molecule has 2 aromatic carbocycles. The molecule has 2 aliphatic carbocycles. The van der Waals surface area contributed by atoms with E-state index in [9.17, 15) is 9.59 Å². The number of terminal acetylenes is 1. The van der Waals surface area contributed by atoms with Gasteiger partial charge in [-0.2, -0.15) is 0 Å². The summed E-state index contributed by atoms with van der Waals surface area (Å²) in [4.78, 5) is 33.3. The first-order valence-electron chi connectivity index (χ1n) is 12.3. The molecule has 2 aliphatic rings. The summed E-state index contributed by atoms with van der Waals surface area (Å²) in [5.74, 6) is 3.11. The second kappa shape index (κ2) is 10.2. The van der Waals surface area contributed by atoms with E-state index < -0.39 is 0 Å². The minimum Gasteiger partial charge on any atom is -0.497 e. The number of fused-ring (bicyclic) bond motifs is 1. The predicted octanol–water partition coefficient (Wildman–Crippen LogP) is 3.53. The highest BCUT2D eigenvalue weighted by Gasteiger charge is 2.28. The van der Waals surface area contributed by atoms with E-state index in [1.807, 2.05) is 30.3 Å². The summed E-state index contributed by atoms with van der Waals surface area (Å²) in [6.07, 6.45) is 12.1. The number of hydrogen-bond donors (Lipinski definition) is 3. The Balaban J connectivity index is 1.34. The largest absolute Gasteiger partial charge is 0.497 e. The molecule has 8 heteroatoms. The van der Waals surface area contributed by atoms with Gasteiger partial charge in [0.15, 0.2) is 0 Å². The SMILES string of the molecule is C#CC(=O)NCC1CCC[C@H]1Nc1ncc2cc(-c3cc(OC)cc(C(=O)NC4CC4)c3)ccc2n1. The number of amides is 2. The van der Waals surface area contributed by atoms with Crippen molar-refractivity contribution in [2.75, 3.05) is 19.0 Å². The van der Waals surface area contributed by atoms with Crippen LogP contribution in [0.3, 0.4) is 0 Å². The van der Waals surface area contributed by atoms with Crippen LogP contribution in [-0.4, -0.2) is 47.5 Å². The minimum atomic E-state index is -0.384. The quantitative estimate of drug-likeness (QED) is 0.424. The van der Waals surface area contributed by atoms with Gasteiger partial charge in [0.05, 0.1) is 12.6 Å². The zero-order valence-electron chi connectivity index (χ0n) is 20.2. The van der Waals surface area contributed by atoms with E-state index in [2.05, 4.69) is 26.9 Å². The van der Waals surface area contributed by atoms with Crippen LogP contribution >= 0.6 is 0 Å². The monoisotopic (exact) mass is 483 g/mol. The van der Waals surface area contributed by atoms with Crippen molar-refractivity contribution < 1.29 is 14.3 Å². The molecule has 184 valence electrons. The van der Waals surface area contributed by atoms with Gasteiger partial charge < -0.3 is 20.7 Å². The van der Waals surface area contributed by atoms with Crippen molar-refractivity contribution in [1.29, 1.82) is 0 Å². The van der Waals surface area contributed by atoms with E-state index in [1.54, 1.807) is 19.4 Å². The number of carbonyl (C=O) groups excluding carboxylic acids is 2. The molecule has 0 spiro atoms. The fourth-order valence-corrected chi connectivity index (χ4v) is 4.71. The second-order valence-electron chi connectivity index (χ2n) is 9.46. The van der Waals surface area contributed by atoms with Crippen LogP contribution in [0.15, 0.2) is 42.6 Å². The van der Waals surface area contributed by atoms with Gasteiger partial charge in [-0.25, -0.2) is 9.97 Å². The minimum absolute atomic E-state index is 0.0819. The number of hydrogen-bond acceptors (Lipinski definition) is 6. The summed E-state index contributed by atoms with van der Waals surface area (Å²) in [5.41, 5.74) is 3.24. The van der Waals surface area contributed by atoms with Crippen LogP contribution in [0.5, 0.6) is 5.75 Å². The Kier molecular flexibility index (Phi) is 6.72. The fourth-order valence-electron chi connectivity index (χ4n) is 4.71. The molecular weight excluding hydrogens is 454 g/mol. The molecule has 0 aliphatic heterocycles. The Morgan fingerprint density at radius 2 is 1.97 bits per heavy atom. The molecule has 8 nitrogen and oxygen atoms in total. The molecule has 2 saturated carbocycles. The fraction of sp³-hybridized carbons (Fsp3) is 0.357. The average molecular weight is 484 g/mol. The van der Waals surface area contributed by atoms with Crippen LogP contribution in [0.1, 0.15) is 42.5 Å². The van der Waals surface area contributed by atoms with Gasteiger partial charge in [0, 0.05) is 35.8 Å². The maximum atomic E-state index is 12.6. The number of nitrogens with one attached hydrogen (secondary N) is 3. The Morgan fingerprint density at radius 1 is 1.11 bits per heavy atom. The van der Waals surface area contributed by atoms with E-state index >= 15 is 0 Å². The van der Waals surface area contributed by atoms with Gasteiger partial charge in [0.1, 0.15) is 5.75 Å². The molecule has 2 fully saturated rings. The lowest BCUT2D eigenvalue weighted by Gasteiger charge is -2.21. The highest BCUT2D eigenvalue weighted by Crippen LogP contribution is 2.30. The third-order valence-corrected chi connectivity index (χ3v) is 6.86. The molecule has 3 N–H and O–H groups in total. The van der Waals surface area contributed by atoms with Crippen molar-refractivity contribution in [3.8, 4) is 29.2 Å². The van der Waals surface area contributed by atoms with E-state index in [4.69, 9.17) is 16.1 Å². The summed E-state index contributed by atoms with van der Waals surface area (Å²) in [6, 6.07) is 12.0. The molecule has 36 heavy (non-hydrogen) atoms. The normalized spacial score (nSPS) is 18.9. The number of ether oxygens (including phenoxy) is 1. The van der Waals surface area contributed by atoms with E-state index in [0.717, 1.165) is 54.1 Å². The van der Waals surface area contributed by atoms with Crippen LogP contribution < -0.4 is 20.7 Å². The summed E-state index contributed by atoms with van der Waals surface area (Å²) in [6.45, 7) is 0.541. The lowest BCUT2D eigenvalue weighted by atomic mass is 10.0. The van der Waals surface area contributed by atoms with E-state index in [-0.39, 0.29) is 29.8 Å². The van der Waals surface area contributed by atoms with Crippen molar-refractivity contribution >= 4 is 28.7 Å². The molecule has 0 saturated heterocycles. The number of aromatic nitrogens is 2. The van der Waals surface area contributed by atoms with E-state index in [1.165, 1.54) is 0 Å². The van der Waals surface area contributed by atoms with Crippen molar-refractivity contribution in [2.24, 2.45) is 5.92 Å². The summed E-state index contributed by atoms with van der Waals surface area (Å²) in [7, 11) is 1.60. The molecule has 3 aromatic rings. The number of rotatable bonds is 8. The van der Waals surface area contributed by atoms with Crippen molar-refractivity contribution in [3.63, 3.8) is 0 Å². The first-order chi connectivity index (χ1) is 17.5. The summed E-state index contributed by atoms with van der Waals surface area (Å²) < 4.78 is 5.45. The maximum absolute atomic E-state index is 12.6. The standard InChI is InChI=1S/C28H29N5O3/c1-3-26(34)29-15-18-5-4-6-24(18)32-28-30-16-21-11-17(7-10-25(21)33-28)19-12-20(14-23(13-19)36-2)27(35)31-22-8-9-22/h1,7,10-14,16,18,22,24H,4-6,8-9,15H2,2H3,(H,29,34)(H,31,35)(H,30,32,33)/t18?,24-/m1/s1. The Labute approximate surface area is 210 Å². The van der Waals surface area contributed by atoms with Crippen molar-refractivity contribution in [3.05, 3.63) is 48.2 Å². The Morgan fingerprint density at radius 3 is 2.75 bits per heavy atom. The van der Waals surface area contributed by atoms with Gasteiger partial charge in [-0.3, -0.25) is 9.59 Å². The molecule has 2 amide bonds.